The molecular formula is C19H22N4O5. The van der Waals surface area contributed by atoms with Gasteiger partial charge in [-0.25, -0.2) is 4.79 Å². The quantitative estimate of drug-likeness (QED) is 0.346. The summed E-state index contributed by atoms with van der Waals surface area (Å²) < 4.78 is 5.06. The molecule has 0 aliphatic rings. The van der Waals surface area contributed by atoms with E-state index in [4.69, 9.17) is 4.74 Å². The van der Waals surface area contributed by atoms with Crippen LogP contribution in [-0.2, 0) is 16.1 Å². The summed E-state index contributed by atoms with van der Waals surface area (Å²) in [6.45, 7) is 2.17. The van der Waals surface area contributed by atoms with Crippen molar-refractivity contribution in [1.82, 2.24) is 10.6 Å². The molecule has 0 heterocycles. The van der Waals surface area contributed by atoms with Gasteiger partial charge < -0.3 is 20.7 Å². The van der Waals surface area contributed by atoms with Gasteiger partial charge in [-0.2, -0.15) is 0 Å². The highest BCUT2D eigenvalue weighted by molar-refractivity contribution is 5.85. The van der Waals surface area contributed by atoms with Gasteiger partial charge in [-0.3, -0.25) is 14.9 Å². The SMILES string of the molecule is CC(NC(=O)OCc1ccccc1)C(=O)NCCNc1ccccc1[N+](=O)[O-]. The van der Waals surface area contributed by atoms with E-state index in [1.165, 1.54) is 13.0 Å². The monoisotopic (exact) mass is 386 g/mol. The molecule has 0 spiro atoms. The summed E-state index contributed by atoms with van der Waals surface area (Å²) in [5.41, 5.74) is 1.18. The smallest absolute Gasteiger partial charge is 0.408 e. The lowest BCUT2D eigenvalue weighted by Crippen LogP contribution is -2.46. The topological polar surface area (TPSA) is 123 Å². The standard InChI is InChI=1S/C19H22N4O5/c1-14(22-19(25)28-13-15-7-3-2-4-8-15)18(24)21-12-11-20-16-9-5-6-10-17(16)23(26)27/h2-10,14,20H,11-13H2,1H3,(H,21,24)(H,22,25). The van der Waals surface area contributed by atoms with Crippen LogP contribution in [-0.4, -0.2) is 36.1 Å². The van der Waals surface area contributed by atoms with Gasteiger partial charge in [-0.15, -0.1) is 0 Å². The number of carbonyl (C=O) groups excluding carboxylic acids is 2. The van der Waals surface area contributed by atoms with Crippen LogP contribution in [0.3, 0.4) is 0 Å². The zero-order chi connectivity index (χ0) is 20.4. The molecule has 0 radical (unpaired) electrons. The highest BCUT2D eigenvalue weighted by Crippen LogP contribution is 2.22. The van der Waals surface area contributed by atoms with Crippen molar-refractivity contribution in [3.05, 3.63) is 70.3 Å². The van der Waals surface area contributed by atoms with Gasteiger partial charge in [-0.1, -0.05) is 42.5 Å². The Morgan fingerprint density at radius 1 is 1.07 bits per heavy atom. The van der Waals surface area contributed by atoms with Gasteiger partial charge in [0, 0.05) is 19.2 Å². The zero-order valence-corrected chi connectivity index (χ0v) is 15.4. The summed E-state index contributed by atoms with van der Waals surface area (Å²) in [7, 11) is 0. The Morgan fingerprint density at radius 2 is 1.75 bits per heavy atom. The number of anilines is 1. The lowest BCUT2D eigenvalue weighted by Gasteiger charge is -2.14. The van der Waals surface area contributed by atoms with E-state index in [1.54, 1.807) is 18.2 Å². The van der Waals surface area contributed by atoms with Crippen molar-refractivity contribution in [2.45, 2.75) is 19.6 Å². The molecule has 1 atom stereocenters. The number of hydrogen-bond acceptors (Lipinski definition) is 6. The molecule has 0 aliphatic carbocycles. The van der Waals surface area contributed by atoms with Crippen molar-refractivity contribution in [2.24, 2.45) is 0 Å². The first-order chi connectivity index (χ1) is 13.5. The number of nitrogens with zero attached hydrogens (tertiary/aromatic N) is 1. The molecule has 2 amide bonds. The second kappa shape index (κ2) is 10.5. The van der Waals surface area contributed by atoms with Crippen molar-refractivity contribution >= 4 is 23.4 Å². The van der Waals surface area contributed by atoms with E-state index in [2.05, 4.69) is 16.0 Å². The first-order valence-corrected chi connectivity index (χ1v) is 8.69. The number of para-hydroxylation sites is 2. The van der Waals surface area contributed by atoms with Gasteiger partial charge in [0.1, 0.15) is 18.3 Å². The van der Waals surface area contributed by atoms with Crippen LogP contribution in [0.1, 0.15) is 12.5 Å². The van der Waals surface area contributed by atoms with E-state index < -0.39 is 17.1 Å². The summed E-state index contributed by atoms with van der Waals surface area (Å²) in [5, 5.41) is 18.9. The maximum atomic E-state index is 12.0. The molecule has 3 N–H and O–H groups in total. The van der Waals surface area contributed by atoms with Crippen LogP contribution in [0.4, 0.5) is 16.2 Å². The molecule has 0 saturated heterocycles. The fourth-order valence-electron chi connectivity index (χ4n) is 2.33. The second-order valence-corrected chi connectivity index (χ2v) is 5.92. The molecule has 148 valence electrons. The summed E-state index contributed by atoms with van der Waals surface area (Å²) in [6.07, 6.45) is -0.690. The van der Waals surface area contributed by atoms with Crippen molar-refractivity contribution in [3.63, 3.8) is 0 Å². The third-order valence-electron chi connectivity index (χ3n) is 3.78. The molecule has 2 rings (SSSR count). The third kappa shape index (κ3) is 6.60. The normalized spacial score (nSPS) is 11.2. The van der Waals surface area contributed by atoms with E-state index >= 15 is 0 Å². The lowest BCUT2D eigenvalue weighted by atomic mass is 10.2. The number of amides is 2. The Labute approximate surface area is 162 Å². The van der Waals surface area contributed by atoms with Gasteiger partial charge in [-0.05, 0) is 18.6 Å². The van der Waals surface area contributed by atoms with Crippen LogP contribution in [0.5, 0.6) is 0 Å². The number of rotatable bonds is 9. The van der Waals surface area contributed by atoms with E-state index in [1.807, 2.05) is 30.3 Å². The Hall–Kier alpha value is -3.62. The molecule has 2 aromatic rings. The molecule has 2 aromatic carbocycles. The van der Waals surface area contributed by atoms with Crippen molar-refractivity contribution in [1.29, 1.82) is 0 Å². The maximum Gasteiger partial charge on any atom is 0.408 e. The van der Waals surface area contributed by atoms with Gasteiger partial charge in [0.05, 0.1) is 4.92 Å². The Balaban J connectivity index is 1.68. The minimum atomic E-state index is -0.783. The van der Waals surface area contributed by atoms with Crippen LogP contribution >= 0.6 is 0 Å². The predicted molar refractivity (Wildman–Crippen MR) is 104 cm³/mol. The Bertz CT molecular complexity index is 813. The molecule has 9 heteroatoms. The second-order valence-electron chi connectivity index (χ2n) is 5.92. The summed E-state index contributed by atoms with van der Waals surface area (Å²) in [5.74, 6) is -0.388. The van der Waals surface area contributed by atoms with E-state index in [0.717, 1.165) is 5.56 Å². The Morgan fingerprint density at radius 3 is 2.46 bits per heavy atom. The maximum absolute atomic E-state index is 12.0. The van der Waals surface area contributed by atoms with Gasteiger partial charge >= 0.3 is 6.09 Å². The van der Waals surface area contributed by atoms with Crippen molar-refractivity contribution in [3.8, 4) is 0 Å². The predicted octanol–water partition coefficient (Wildman–Crippen LogP) is 2.44. The molecule has 0 bridgehead atoms. The fraction of sp³-hybridized carbons (Fsp3) is 0.263. The summed E-state index contributed by atoms with van der Waals surface area (Å²) >= 11 is 0. The number of nitro benzene ring substituents is 1. The number of ether oxygens (including phenoxy) is 1. The van der Waals surface area contributed by atoms with Crippen molar-refractivity contribution in [2.75, 3.05) is 18.4 Å². The fourth-order valence-corrected chi connectivity index (χ4v) is 2.33. The first kappa shape index (κ1) is 20.7. The number of benzene rings is 2. The average Bonchev–Trinajstić information content (AvgIpc) is 2.70. The average molecular weight is 386 g/mol. The number of nitrogens with one attached hydrogen (secondary N) is 3. The largest absolute Gasteiger partial charge is 0.445 e. The number of nitro groups is 1. The van der Waals surface area contributed by atoms with E-state index in [0.29, 0.717) is 12.2 Å². The molecule has 9 nitrogen and oxygen atoms in total. The van der Waals surface area contributed by atoms with Gasteiger partial charge in [0.2, 0.25) is 5.91 Å². The van der Waals surface area contributed by atoms with Crippen molar-refractivity contribution < 1.29 is 19.2 Å². The molecule has 1 unspecified atom stereocenters. The lowest BCUT2D eigenvalue weighted by molar-refractivity contribution is -0.384. The molecule has 0 fully saturated rings. The van der Waals surface area contributed by atoms with E-state index in [9.17, 15) is 19.7 Å². The van der Waals surface area contributed by atoms with E-state index in [-0.39, 0.29) is 24.7 Å². The molecule has 0 saturated carbocycles. The van der Waals surface area contributed by atoms with Crippen LogP contribution in [0.15, 0.2) is 54.6 Å². The highest BCUT2D eigenvalue weighted by Gasteiger charge is 2.16. The molecule has 0 aromatic heterocycles. The number of alkyl carbamates (subject to hydrolysis) is 1. The summed E-state index contributed by atoms with van der Waals surface area (Å²) in [6, 6.07) is 14.7. The van der Waals surface area contributed by atoms with Crippen LogP contribution < -0.4 is 16.0 Å². The number of hydrogen-bond donors (Lipinski definition) is 3. The van der Waals surface area contributed by atoms with Crippen LogP contribution in [0, 0.1) is 10.1 Å². The molecular weight excluding hydrogens is 364 g/mol. The number of carbonyl (C=O) groups is 2. The summed E-state index contributed by atoms with van der Waals surface area (Å²) in [4.78, 5) is 34.2. The first-order valence-electron chi connectivity index (χ1n) is 8.69. The molecule has 0 aliphatic heterocycles. The van der Waals surface area contributed by atoms with Gasteiger partial charge in [0.25, 0.3) is 5.69 Å². The highest BCUT2D eigenvalue weighted by atomic mass is 16.6. The van der Waals surface area contributed by atoms with Gasteiger partial charge in [0.15, 0.2) is 0 Å². The minimum Gasteiger partial charge on any atom is -0.445 e. The molecule has 28 heavy (non-hydrogen) atoms. The zero-order valence-electron chi connectivity index (χ0n) is 15.4. The van der Waals surface area contributed by atoms with Crippen LogP contribution in [0.25, 0.3) is 0 Å². The third-order valence-corrected chi connectivity index (χ3v) is 3.78. The minimum absolute atomic E-state index is 0.0370. The van der Waals surface area contributed by atoms with Crippen LogP contribution in [0.2, 0.25) is 0 Å². The Kier molecular flexibility index (Phi) is 7.77.